The molecule has 0 aliphatic carbocycles. The molecule has 0 atom stereocenters. The Morgan fingerprint density at radius 3 is 2.71 bits per heavy atom. The predicted molar refractivity (Wildman–Crippen MR) is 105 cm³/mol. The van der Waals surface area contributed by atoms with E-state index in [0.717, 1.165) is 34.8 Å². The summed E-state index contributed by atoms with van der Waals surface area (Å²) in [5, 5.41) is 3.47. The van der Waals surface area contributed by atoms with Crippen LogP contribution in [-0.4, -0.2) is 68.1 Å². The van der Waals surface area contributed by atoms with Crippen molar-refractivity contribution in [3.63, 3.8) is 0 Å². The van der Waals surface area contributed by atoms with Crippen LogP contribution in [0.1, 0.15) is 41.6 Å². The van der Waals surface area contributed by atoms with Gasteiger partial charge in [0.1, 0.15) is 5.00 Å². The first-order valence-corrected chi connectivity index (χ1v) is 10.4. The molecule has 0 spiro atoms. The summed E-state index contributed by atoms with van der Waals surface area (Å²) in [6.07, 6.45) is 1.45. The molecule has 1 aromatic rings. The average molecular weight is 411 g/mol. The normalized spacial score (nSPS) is 19.0. The maximum atomic E-state index is 12.6. The van der Waals surface area contributed by atoms with Crippen LogP contribution in [0.4, 0.5) is 5.00 Å². The zero-order chi connectivity index (χ0) is 20.3. The molecule has 0 aromatic carbocycles. The molecule has 28 heavy (non-hydrogen) atoms. The zero-order valence-corrected chi connectivity index (χ0v) is 17.4. The van der Waals surface area contributed by atoms with E-state index in [1.54, 1.807) is 11.8 Å². The fraction of sp³-hybridized carbons (Fsp3) is 0.632. The molecule has 154 valence electrons. The minimum atomic E-state index is -0.403. The van der Waals surface area contributed by atoms with E-state index in [4.69, 9.17) is 9.47 Å². The van der Waals surface area contributed by atoms with Crippen molar-refractivity contribution >= 4 is 34.6 Å². The number of fused-ring (bicyclic) bond motifs is 1. The topological polar surface area (TPSA) is 89.4 Å². The van der Waals surface area contributed by atoms with Gasteiger partial charge in [-0.05, 0) is 26.3 Å². The molecule has 1 saturated heterocycles. The van der Waals surface area contributed by atoms with Gasteiger partial charge in [-0.1, -0.05) is 0 Å². The number of amides is 2. The van der Waals surface area contributed by atoms with Crippen molar-refractivity contribution in [2.75, 3.05) is 44.6 Å². The van der Waals surface area contributed by atoms with Crippen molar-refractivity contribution < 1.29 is 28.8 Å². The number of hydrogen-bond acceptors (Lipinski definition) is 6. The van der Waals surface area contributed by atoms with Gasteiger partial charge in [0, 0.05) is 11.3 Å². The Labute approximate surface area is 168 Å². The van der Waals surface area contributed by atoms with Crippen LogP contribution in [0.5, 0.6) is 0 Å². The van der Waals surface area contributed by atoms with Gasteiger partial charge in [0.05, 0.1) is 50.6 Å². The number of quaternary nitrogens is 1. The monoisotopic (exact) mass is 410 g/mol. The molecule has 2 amide bonds. The third-order valence-corrected chi connectivity index (χ3v) is 6.21. The molecule has 3 rings (SSSR count). The number of esters is 1. The predicted octanol–water partition coefficient (Wildman–Crippen LogP) is 0.0715. The lowest BCUT2D eigenvalue weighted by molar-refractivity contribution is -0.895. The van der Waals surface area contributed by atoms with Gasteiger partial charge in [-0.25, -0.2) is 4.79 Å². The van der Waals surface area contributed by atoms with Gasteiger partial charge in [0.25, 0.3) is 5.91 Å². The second-order valence-corrected chi connectivity index (χ2v) is 8.88. The van der Waals surface area contributed by atoms with Gasteiger partial charge in [-0.15, -0.1) is 11.3 Å². The highest BCUT2D eigenvalue weighted by Gasteiger charge is 2.34. The van der Waals surface area contributed by atoms with Crippen LogP contribution in [0.15, 0.2) is 0 Å². The average Bonchev–Trinajstić information content (AvgIpc) is 2.98. The quantitative estimate of drug-likeness (QED) is 0.512. The Bertz CT molecular complexity index is 753. The first-order valence-electron chi connectivity index (χ1n) is 9.61. The molecular weight excluding hydrogens is 382 g/mol. The highest BCUT2D eigenvalue weighted by atomic mass is 32.1. The lowest BCUT2D eigenvalue weighted by Gasteiger charge is -2.30. The van der Waals surface area contributed by atoms with Crippen molar-refractivity contribution in [1.29, 1.82) is 0 Å². The van der Waals surface area contributed by atoms with Gasteiger partial charge < -0.3 is 24.6 Å². The second kappa shape index (κ2) is 8.59. The van der Waals surface area contributed by atoms with E-state index >= 15 is 0 Å². The molecule has 2 aliphatic heterocycles. The number of rotatable bonds is 6. The van der Waals surface area contributed by atoms with Crippen molar-refractivity contribution in [2.45, 2.75) is 39.4 Å². The molecule has 1 aromatic heterocycles. The van der Waals surface area contributed by atoms with Gasteiger partial charge >= 0.3 is 5.97 Å². The maximum Gasteiger partial charge on any atom is 0.341 e. The highest BCUT2D eigenvalue weighted by molar-refractivity contribution is 7.17. The Morgan fingerprint density at radius 2 is 2.07 bits per heavy atom. The number of nitrogens with one attached hydrogen (secondary N) is 2. The molecule has 2 N–H and O–H groups in total. The summed E-state index contributed by atoms with van der Waals surface area (Å²) >= 11 is 1.39. The summed E-state index contributed by atoms with van der Waals surface area (Å²) in [5.41, 5.74) is 1.02. The first-order chi connectivity index (χ1) is 13.3. The number of nitrogens with zero attached hydrogens (tertiary/aromatic N) is 1. The highest BCUT2D eigenvalue weighted by Crippen LogP contribution is 2.40. The third-order valence-electron chi connectivity index (χ3n) is 5.08. The molecule has 0 unspecified atom stereocenters. The maximum absolute atomic E-state index is 12.6. The smallest absolute Gasteiger partial charge is 0.341 e. The fourth-order valence-electron chi connectivity index (χ4n) is 3.58. The number of ether oxygens (including phenoxy) is 2. The van der Waals surface area contributed by atoms with Crippen LogP contribution in [0, 0.1) is 0 Å². The van der Waals surface area contributed by atoms with Gasteiger partial charge in [0.2, 0.25) is 6.41 Å². The van der Waals surface area contributed by atoms with Crippen molar-refractivity contribution in [3.05, 3.63) is 16.0 Å². The van der Waals surface area contributed by atoms with Crippen LogP contribution >= 0.6 is 11.3 Å². The fourth-order valence-corrected chi connectivity index (χ4v) is 4.72. The lowest BCUT2D eigenvalue weighted by atomic mass is 9.93. The Morgan fingerprint density at radius 1 is 1.36 bits per heavy atom. The number of piperazine rings is 1. The number of thiophene rings is 1. The van der Waals surface area contributed by atoms with Crippen LogP contribution in [-0.2, 0) is 32.1 Å². The van der Waals surface area contributed by atoms with E-state index in [-0.39, 0.29) is 18.1 Å². The van der Waals surface area contributed by atoms with Crippen molar-refractivity contribution in [2.24, 2.45) is 0 Å². The van der Waals surface area contributed by atoms with Gasteiger partial charge in [0.15, 0.2) is 6.54 Å². The Kier molecular flexibility index (Phi) is 6.36. The summed E-state index contributed by atoms with van der Waals surface area (Å²) in [7, 11) is 0. The zero-order valence-electron chi connectivity index (χ0n) is 16.6. The summed E-state index contributed by atoms with van der Waals surface area (Å²) < 4.78 is 11.1. The molecule has 0 saturated carbocycles. The standard InChI is InChI=1S/C19H27N3O5S/c1-4-26-18(25)16-13-9-19(2,3)27-11-14(13)28-17(16)20-15(24)10-21-5-7-22(12-23)8-6-21/h12H,4-11H2,1-3H3,(H,20,24)/p+1. The Hall–Kier alpha value is -1.97. The minimum Gasteiger partial charge on any atom is -0.462 e. The molecule has 8 nitrogen and oxygen atoms in total. The van der Waals surface area contributed by atoms with Crippen LogP contribution in [0.2, 0.25) is 0 Å². The van der Waals surface area contributed by atoms with Gasteiger partial charge in [-0.3, -0.25) is 9.59 Å². The molecular formula is C19H28N3O5S+. The number of anilines is 1. The SMILES string of the molecule is CCOC(=O)c1c(NC(=O)C[NH+]2CCN(C=O)CC2)sc2c1CC(C)(C)OC2. The third kappa shape index (κ3) is 4.71. The first kappa shape index (κ1) is 20.8. The minimum absolute atomic E-state index is 0.140. The largest absolute Gasteiger partial charge is 0.462 e. The second-order valence-electron chi connectivity index (χ2n) is 7.77. The molecule has 9 heteroatoms. The number of carbonyl (C=O) groups excluding carboxylic acids is 3. The van der Waals surface area contributed by atoms with Crippen LogP contribution in [0.3, 0.4) is 0 Å². The van der Waals surface area contributed by atoms with E-state index in [1.807, 2.05) is 13.8 Å². The summed E-state index contributed by atoms with van der Waals surface area (Å²) in [6, 6.07) is 0. The molecule has 0 bridgehead atoms. The van der Waals surface area contributed by atoms with E-state index in [1.165, 1.54) is 11.3 Å². The van der Waals surface area contributed by atoms with E-state index < -0.39 is 5.97 Å². The van der Waals surface area contributed by atoms with Crippen LogP contribution in [0.25, 0.3) is 0 Å². The molecule has 0 radical (unpaired) electrons. The number of hydrogen-bond donors (Lipinski definition) is 2. The van der Waals surface area contributed by atoms with Gasteiger partial charge in [-0.2, -0.15) is 0 Å². The molecule has 3 heterocycles. The number of carbonyl (C=O) groups is 3. The van der Waals surface area contributed by atoms with Crippen molar-refractivity contribution in [1.82, 2.24) is 4.90 Å². The summed E-state index contributed by atoms with van der Waals surface area (Å²) in [6.45, 7) is 9.53. The summed E-state index contributed by atoms with van der Waals surface area (Å²) in [4.78, 5) is 39.8. The lowest BCUT2D eigenvalue weighted by Crippen LogP contribution is -3.15. The van der Waals surface area contributed by atoms with Crippen LogP contribution < -0.4 is 10.2 Å². The van der Waals surface area contributed by atoms with E-state index in [0.29, 0.717) is 43.2 Å². The van der Waals surface area contributed by atoms with E-state index in [9.17, 15) is 14.4 Å². The molecule has 2 aliphatic rings. The summed E-state index contributed by atoms with van der Waals surface area (Å²) in [5.74, 6) is -0.543. The van der Waals surface area contributed by atoms with Crippen molar-refractivity contribution in [3.8, 4) is 0 Å². The molecule has 1 fully saturated rings. The van der Waals surface area contributed by atoms with E-state index in [2.05, 4.69) is 5.32 Å². The Balaban J connectivity index is 1.74.